The molecule has 0 unspecified atom stereocenters. The fourth-order valence-corrected chi connectivity index (χ4v) is 2.08. The van der Waals surface area contributed by atoms with Crippen molar-refractivity contribution in [3.63, 3.8) is 0 Å². The van der Waals surface area contributed by atoms with Crippen molar-refractivity contribution >= 4 is 39.4 Å². The van der Waals surface area contributed by atoms with Gasteiger partial charge in [0.2, 0.25) is 0 Å². The first-order chi connectivity index (χ1) is 8.95. The molecule has 1 aromatic rings. The number of hydrogen-bond acceptors (Lipinski definition) is 3. The molecule has 1 atom stereocenters. The summed E-state index contributed by atoms with van der Waals surface area (Å²) >= 11 is 9.28. The normalized spacial score (nSPS) is 11.8. The first-order valence-corrected chi connectivity index (χ1v) is 7.03. The Labute approximate surface area is 125 Å². The quantitative estimate of drug-likeness (QED) is 0.832. The summed E-state index contributed by atoms with van der Waals surface area (Å²) in [6, 6.07) is 4.78. The predicted molar refractivity (Wildman–Crippen MR) is 77.3 cm³/mol. The molecule has 4 nitrogen and oxygen atoms in total. The van der Waals surface area contributed by atoms with Crippen molar-refractivity contribution in [3.05, 3.63) is 33.3 Å². The van der Waals surface area contributed by atoms with E-state index < -0.39 is 0 Å². The van der Waals surface area contributed by atoms with Crippen molar-refractivity contribution < 1.29 is 14.3 Å². The minimum absolute atomic E-state index is 0.130. The standard InChI is InChI=1S/C13H15BrClNO3/c1-3-19-11(17)7-8(2)16-13(18)9-5-4-6-10(14)12(9)15/h4-6,8H,3,7H2,1-2H3,(H,16,18)/t8-/m0/s1. The van der Waals surface area contributed by atoms with E-state index >= 15 is 0 Å². The molecule has 1 N–H and O–H groups in total. The van der Waals surface area contributed by atoms with Gasteiger partial charge in [-0.15, -0.1) is 0 Å². The molecular formula is C13H15BrClNO3. The van der Waals surface area contributed by atoms with Gasteiger partial charge in [-0.3, -0.25) is 9.59 Å². The van der Waals surface area contributed by atoms with Gasteiger partial charge in [-0.25, -0.2) is 0 Å². The fraction of sp³-hybridized carbons (Fsp3) is 0.385. The van der Waals surface area contributed by atoms with Crippen molar-refractivity contribution in [2.45, 2.75) is 26.3 Å². The van der Waals surface area contributed by atoms with Crippen LogP contribution in [0.15, 0.2) is 22.7 Å². The highest BCUT2D eigenvalue weighted by Crippen LogP contribution is 2.25. The van der Waals surface area contributed by atoms with Crippen LogP contribution in [0.5, 0.6) is 0 Å². The maximum Gasteiger partial charge on any atom is 0.307 e. The Hall–Kier alpha value is -1.07. The van der Waals surface area contributed by atoms with Crippen LogP contribution >= 0.6 is 27.5 Å². The van der Waals surface area contributed by atoms with E-state index in [1.165, 1.54) is 0 Å². The predicted octanol–water partition coefficient (Wildman–Crippen LogP) is 3.17. The zero-order valence-electron chi connectivity index (χ0n) is 10.7. The van der Waals surface area contributed by atoms with E-state index in [1.54, 1.807) is 32.0 Å². The van der Waals surface area contributed by atoms with Crippen molar-refractivity contribution in [1.29, 1.82) is 0 Å². The third-order valence-corrected chi connectivity index (χ3v) is 3.65. The summed E-state index contributed by atoms with van der Waals surface area (Å²) in [5.41, 5.74) is 0.367. The molecule has 1 rings (SSSR count). The van der Waals surface area contributed by atoms with Gasteiger partial charge in [-0.1, -0.05) is 17.7 Å². The third kappa shape index (κ3) is 4.84. The summed E-state index contributed by atoms with van der Waals surface area (Å²) in [5, 5.41) is 3.06. The number of esters is 1. The van der Waals surface area contributed by atoms with Gasteiger partial charge in [0.15, 0.2) is 0 Å². The number of carbonyl (C=O) groups is 2. The Kier molecular flexibility index (Phi) is 6.31. The lowest BCUT2D eigenvalue weighted by atomic mass is 10.2. The maximum absolute atomic E-state index is 12.0. The second-order valence-corrected chi connectivity index (χ2v) is 5.22. The van der Waals surface area contributed by atoms with Crippen LogP contribution in [0.25, 0.3) is 0 Å². The largest absolute Gasteiger partial charge is 0.466 e. The number of halogens is 2. The van der Waals surface area contributed by atoms with Crippen LogP contribution in [-0.2, 0) is 9.53 Å². The number of ether oxygens (including phenoxy) is 1. The zero-order valence-corrected chi connectivity index (χ0v) is 13.0. The van der Waals surface area contributed by atoms with Crippen LogP contribution in [0.1, 0.15) is 30.6 Å². The smallest absolute Gasteiger partial charge is 0.307 e. The average Bonchev–Trinajstić information content (AvgIpc) is 2.32. The summed E-state index contributed by atoms with van der Waals surface area (Å²) in [6.45, 7) is 3.81. The molecule has 0 bridgehead atoms. The van der Waals surface area contributed by atoms with Crippen LogP contribution in [0, 0.1) is 0 Å². The number of benzene rings is 1. The Morgan fingerprint density at radius 1 is 1.47 bits per heavy atom. The first-order valence-electron chi connectivity index (χ1n) is 5.86. The van der Waals surface area contributed by atoms with Gasteiger partial charge in [0.25, 0.3) is 5.91 Å². The molecule has 0 spiro atoms. The van der Waals surface area contributed by atoms with Crippen LogP contribution in [0.2, 0.25) is 5.02 Å². The minimum atomic E-state index is -0.337. The Bertz CT molecular complexity index is 479. The molecule has 1 aromatic carbocycles. The molecule has 0 fully saturated rings. The first kappa shape index (κ1) is 16.0. The van der Waals surface area contributed by atoms with Crippen molar-refractivity contribution in [2.24, 2.45) is 0 Å². The van der Waals surface area contributed by atoms with Crippen LogP contribution in [0.4, 0.5) is 0 Å². The van der Waals surface area contributed by atoms with Crippen LogP contribution < -0.4 is 5.32 Å². The topological polar surface area (TPSA) is 55.4 Å². The summed E-state index contributed by atoms with van der Waals surface area (Å²) in [4.78, 5) is 23.3. The van der Waals surface area contributed by atoms with Gasteiger partial charge >= 0.3 is 5.97 Å². The Balaban J connectivity index is 2.64. The van der Waals surface area contributed by atoms with Gasteiger partial charge in [0.05, 0.1) is 23.6 Å². The third-order valence-electron chi connectivity index (χ3n) is 2.35. The maximum atomic E-state index is 12.0. The second kappa shape index (κ2) is 7.50. The molecule has 0 saturated heterocycles. The van der Waals surface area contributed by atoms with Crippen LogP contribution in [0.3, 0.4) is 0 Å². The monoisotopic (exact) mass is 347 g/mol. The van der Waals surface area contributed by atoms with Gasteiger partial charge < -0.3 is 10.1 Å². The number of nitrogens with one attached hydrogen (secondary N) is 1. The van der Waals surface area contributed by atoms with E-state index in [0.29, 0.717) is 21.7 Å². The van der Waals surface area contributed by atoms with E-state index in [2.05, 4.69) is 21.2 Å². The highest BCUT2D eigenvalue weighted by atomic mass is 79.9. The summed E-state index contributed by atoms with van der Waals surface area (Å²) < 4.78 is 5.47. The molecule has 0 aliphatic heterocycles. The number of carbonyl (C=O) groups excluding carboxylic acids is 2. The van der Waals surface area contributed by atoms with E-state index in [-0.39, 0.29) is 24.3 Å². The number of amides is 1. The molecule has 104 valence electrons. The molecule has 19 heavy (non-hydrogen) atoms. The lowest BCUT2D eigenvalue weighted by molar-refractivity contribution is -0.143. The van der Waals surface area contributed by atoms with E-state index in [1.807, 2.05) is 0 Å². The minimum Gasteiger partial charge on any atom is -0.466 e. The Morgan fingerprint density at radius 2 is 2.16 bits per heavy atom. The molecule has 1 amide bonds. The highest BCUT2D eigenvalue weighted by Gasteiger charge is 2.16. The molecule has 0 radical (unpaired) electrons. The van der Waals surface area contributed by atoms with E-state index in [0.717, 1.165) is 0 Å². The molecular weight excluding hydrogens is 334 g/mol. The van der Waals surface area contributed by atoms with Crippen LogP contribution in [-0.4, -0.2) is 24.5 Å². The fourth-order valence-electron chi connectivity index (χ4n) is 1.50. The lowest BCUT2D eigenvalue weighted by Crippen LogP contribution is -2.34. The van der Waals surface area contributed by atoms with Crippen molar-refractivity contribution in [1.82, 2.24) is 5.32 Å². The number of rotatable bonds is 5. The summed E-state index contributed by atoms with van der Waals surface area (Å²) in [6.07, 6.45) is 0.130. The lowest BCUT2D eigenvalue weighted by Gasteiger charge is -2.14. The highest BCUT2D eigenvalue weighted by molar-refractivity contribution is 9.10. The molecule has 6 heteroatoms. The van der Waals surface area contributed by atoms with Gasteiger partial charge in [-0.2, -0.15) is 0 Å². The average molecular weight is 349 g/mol. The van der Waals surface area contributed by atoms with E-state index in [9.17, 15) is 9.59 Å². The molecule has 0 aromatic heterocycles. The van der Waals surface area contributed by atoms with E-state index in [4.69, 9.17) is 16.3 Å². The summed E-state index contributed by atoms with van der Waals surface area (Å²) in [7, 11) is 0. The number of hydrogen-bond donors (Lipinski definition) is 1. The SMILES string of the molecule is CCOC(=O)C[C@H](C)NC(=O)c1cccc(Br)c1Cl. The summed E-state index contributed by atoms with van der Waals surface area (Å²) in [5.74, 6) is -0.654. The van der Waals surface area contributed by atoms with Gasteiger partial charge in [0.1, 0.15) is 0 Å². The molecule has 0 aliphatic rings. The van der Waals surface area contributed by atoms with Gasteiger partial charge in [-0.05, 0) is 41.9 Å². The Morgan fingerprint density at radius 3 is 2.79 bits per heavy atom. The molecule has 0 heterocycles. The second-order valence-electron chi connectivity index (χ2n) is 3.99. The molecule has 0 saturated carbocycles. The van der Waals surface area contributed by atoms with Gasteiger partial charge in [0, 0.05) is 10.5 Å². The van der Waals surface area contributed by atoms with Crippen molar-refractivity contribution in [2.75, 3.05) is 6.61 Å². The zero-order chi connectivity index (χ0) is 14.4. The van der Waals surface area contributed by atoms with Crippen molar-refractivity contribution in [3.8, 4) is 0 Å². The molecule has 0 aliphatic carbocycles.